The molecule has 0 aliphatic carbocycles. The number of benzene rings is 1. The van der Waals surface area contributed by atoms with Crippen molar-refractivity contribution in [3.63, 3.8) is 0 Å². The lowest BCUT2D eigenvalue weighted by molar-refractivity contribution is -0.127. The van der Waals surface area contributed by atoms with E-state index >= 15 is 0 Å². The fourth-order valence-electron chi connectivity index (χ4n) is 2.93. The summed E-state index contributed by atoms with van der Waals surface area (Å²) in [4.78, 5) is 41.8. The number of rotatable bonds is 8. The molecule has 3 rings (SSSR count). The SMILES string of the molecule is O=C(CC[C@@H]1NC(=O)N(CCc2ccccc2)C1=O)NCc1ccccn1. The van der Waals surface area contributed by atoms with Gasteiger partial charge in [-0.2, -0.15) is 0 Å². The Hall–Kier alpha value is -3.22. The zero-order chi connectivity index (χ0) is 19.1. The zero-order valence-corrected chi connectivity index (χ0v) is 14.9. The second kappa shape index (κ2) is 8.93. The molecule has 7 nitrogen and oxygen atoms in total. The van der Waals surface area contributed by atoms with Gasteiger partial charge in [-0.15, -0.1) is 0 Å². The van der Waals surface area contributed by atoms with Gasteiger partial charge < -0.3 is 10.6 Å². The van der Waals surface area contributed by atoms with Crippen LogP contribution in [0, 0.1) is 0 Å². The van der Waals surface area contributed by atoms with Crippen molar-refractivity contribution in [2.24, 2.45) is 0 Å². The highest BCUT2D eigenvalue weighted by Gasteiger charge is 2.37. The molecule has 2 aromatic rings. The van der Waals surface area contributed by atoms with Gasteiger partial charge in [0.2, 0.25) is 5.91 Å². The van der Waals surface area contributed by atoms with Gasteiger partial charge in [0.15, 0.2) is 0 Å². The third-order valence-electron chi connectivity index (χ3n) is 4.43. The molecule has 4 amide bonds. The van der Waals surface area contributed by atoms with Gasteiger partial charge in [-0.05, 0) is 30.5 Å². The fourth-order valence-corrected chi connectivity index (χ4v) is 2.93. The molecule has 2 heterocycles. The lowest BCUT2D eigenvalue weighted by Gasteiger charge is -2.13. The van der Waals surface area contributed by atoms with Gasteiger partial charge >= 0.3 is 6.03 Å². The number of nitrogens with zero attached hydrogens (tertiary/aromatic N) is 2. The van der Waals surface area contributed by atoms with Crippen LogP contribution in [0.4, 0.5) is 4.79 Å². The normalized spacial score (nSPS) is 16.3. The van der Waals surface area contributed by atoms with Gasteiger partial charge in [-0.25, -0.2) is 4.79 Å². The van der Waals surface area contributed by atoms with E-state index in [1.165, 1.54) is 4.90 Å². The third-order valence-corrected chi connectivity index (χ3v) is 4.43. The van der Waals surface area contributed by atoms with Crippen LogP contribution in [0.15, 0.2) is 54.7 Å². The van der Waals surface area contributed by atoms with E-state index in [2.05, 4.69) is 15.6 Å². The molecule has 0 bridgehead atoms. The van der Waals surface area contributed by atoms with Crippen LogP contribution in [-0.4, -0.2) is 40.3 Å². The summed E-state index contributed by atoms with van der Waals surface area (Å²) in [5.74, 6) is -0.445. The highest BCUT2D eigenvalue weighted by molar-refractivity contribution is 6.04. The van der Waals surface area contributed by atoms with Crippen molar-refractivity contribution < 1.29 is 14.4 Å². The smallest absolute Gasteiger partial charge is 0.324 e. The Morgan fingerprint density at radius 1 is 1.11 bits per heavy atom. The predicted molar refractivity (Wildman–Crippen MR) is 99.5 cm³/mol. The Balaban J connectivity index is 1.43. The van der Waals surface area contributed by atoms with Crippen molar-refractivity contribution in [2.45, 2.75) is 31.8 Å². The molecule has 0 radical (unpaired) electrons. The van der Waals surface area contributed by atoms with E-state index in [9.17, 15) is 14.4 Å². The highest BCUT2D eigenvalue weighted by atomic mass is 16.2. The average molecular weight is 366 g/mol. The monoisotopic (exact) mass is 366 g/mol. The Kier molecular flexibility index (Phi) is 6.14. The standard InChI is InChI=1S/C20H22N4O3/c25-18(22-14-16-8-4-5-12-21-16)10-9-17-19(26)24(20(27)23-17)13-11-15-6-2-1-3-7-15/h1-8,12,17H,9-11,13-14H2,(H,22,25)(H,23,27)/t17-/m0/s1. The van der Waals surface area contributed by atoms with E-state index in [1.807, 2.05) is 48.5 Å². The summed E-state index contributed by atoms with van der Waals surface area (Å²) in [6, 6.07) is 14.1. The van der Waals surface area contributed by atoms with E-state index in [-0.39, 0.29) is 24.7 Å². The Morgan fingerprint density at radius 2 is 1.89 bits per heavy atom. The molecule has 1 aliphatic rings. The van der Waals surface area contributed by atoms with Crippen LogP contribution in [0.3, 0.4) is 0 Å². The first-order valence-electron chi connectivity index (χ1n) is 8.96. The number of imide groups is 1. The number of nitrogens with one attached hydrogen (secondary N) is 2. The Morgan fingerprint density at radius 3 is 2.63 bits per heavy atom. The zero-order valence-electron chi connectivity index (χ0n) is 14.9. The van der Waals surface area contributed by atoms with Gasteiger partial charge in [-0.3, -0.25) is 19.5 Å². The minimum Gasteiger partial charge on any atom is -0.350 e. The first-order valence-corrected chi connectivity index (χ1v) is 8.96. The maximum Gasteiger partial charge on any atom is 0.324 e. The van der Waals surface area contributed by atoms with Crippen molar-refractivity contribution in [3.8, 4) is 0 Å². The van der Waals surface area contributed by atoms with E-state index < -0.39 is 12.1 Å². The maximum absolute atomic E-state index is 12.4. The van der Waals surface area contributed by atoms with Crippen molar-refractivity contribution in [2.75, 3.05) is 6.54 Å². The molecule has 1 aromatic carbocycles. The number of urea groups is 1. The number of pyridine rings is 1. The number of aromatic nitrogens is 1. The number of amides is 4. The summed E-state index contributed by atoms with van der Waals surface area (Å²) in [6.07, 6.45) is 2.71. The van der Waals surface area contributed by atoms with E-state index in [0.29, 0.717) is 19.5 Å². The summed E-state index contributed by atoms with van der Waals surface area (Å²) < 4.78 is 0. The first-order chi connectivity index (χ1) is 13.1. The van der Waals surface area contributed by atoms with Crippen LogP contribution in [0.5, 0.6) is 0 Å². The van der Waals surface area contributed by atoms with Crippen molar-refractivity contribution in [3.05, 3.63) is 66.0 Å². The first kappa shape index (κ1) is 18.6. The minimum atomic E-state index is -0.645. The Labute approximate surface area is 157 Å². The molecule has 27 heavy (non-hydrogen) atoms. The minimum absolute atomic E-state index is 0.163. The second-order valence-corrected chi connectivity index (χ2v) is 6.36. The second-order valence-electron chi connectivity index (χ2n) is 6.36. The van der Waals surface area contributed by atoms with E-state index in [0.717, 1.165) is 11.3 Å². The van der Waals surface area contributed by atoms with Gasteiger partial charge in [0.05, 0.1) is 12.2 Å². The quantitative estimate of drug-likeness (QED) is 0.695. The van der Waals surface area contributed by atoms with Crippen molar-refractivity contribution in [1.29, 1.82) is 0 Å². The summed E-state index contributed by atoms with van der Waals surface area (Å²) in [6.45, 7) is 0.672. The molecular weight excluding hydrogens is 344 g/mol. The molecule has 1 fully saturated rings. The largest absolute Gasteiger partial charge is 0.350 e. The molecular formula is C20H22N4O3. The molecule has 2 N–H and O–H groups in total. The molecule has 1 aliphatic heterocycles. The molecule has 0 unspecified atom stereocenters. The summed E-state index contributed by atoms with van der Waals surface area (Å²) in [5.41, 5.74) is 1.83. The number of carbonyl (C=O) groups excluding carboxylic acids is 3. The number of hydrogen-bond donors (Lipinski definition) is 2. The predicted octanol–water partition coefficient (Wildman–Crippen LogP) is 1.64. The van der Waals surface area contributed by atoms with Gasteiger partial charge in [-0.1, -0.05) is 36.4 Å². The molecule has 1 aromatic heterocycles. The van der Waals surface area contributed by atoms with Gasteiger partial charge in [0, 0.05) is 19.2 Å². The molecule has 1 saturated heterocycles. The fraction of sp³-hybridized carbons (Fsp3) is 0.300. The highest BCUT2D eigenvalue weighted by Crippen LogP contribution is 2.12. The van der Waals surface area contributed by atoms with Crippen molar-refractivity contribution >= 4 is 17.8 Å². The number of carbonyl (C=O) groups is 3. The average Bonchev–Trinajstić information content (AvgIpc) is 2.97. The lowest BCUT2D eigenvalue weighted by Crippen LogP contribution is -2.34. The van der Waals surface area contributed by atoms with Crippen LogP contribution >= 0.6 is 0 Å². The van der Waals surface area contributed by atoms with Crippen LogP contribution in [-0.2, 0) is 22.6 Å². The molecule has 0 saturated carbocycles. The number of hydrogen-bond acceptors (Lipinski definition) is 4. The molecule has 1 atom stereocenters. The third kappa shape index (κ3) is 5.13. The maximum atomic E-state index is 12.4. The van der Waals surface area contributed by atoms with E-state index in [4.69, 9.17) is 0 Å². The van der Waals surface area contributed by atoms with Gasteiger partial charge in [0.25, 0.3) is 5.91 Å². The molecule has 7 heteroatoms. The topological polar surface area (TPSA) is 91.4 Å². The van der Waals surface area contributed by atoms with E-state index in [1.54, 1.807) is 6.20 Å². The van der Waals surface area contributed by atoms with Crippen molar-refractivity contribution in [1.82, 2.24) is 20.5 Å². The lowest BCUT2D eigenvalue weighted by atomic mass is 10.1. The molecule has 0 spiro atoms. The summed E-state index contributed by atoms with van der Waals surface area (Å²) >= 11 is 0. The summed E-state index contributed by atoms with van der Waals surface area (Å²) in [5, 5.41) is 5.43. The van der Waals surface area contributed by atoms with Crippen LogP contribution < -0.4 is 10.6 Å². The summed E-state index contributed by atoms with van der Waals surface area (Å²) in [7, 11) is 0. The van der Waals surface area contributed by atoms with Gasteiger partial charge in [0.1, 0.15) is 6.04 Å². The van der Waals surface area contributed by atoms with Crippen LogP contribution in [0.2, 0.25) is 0 Å². The molecule has 140 valence electrons. The van der Waals surface area contributed by atoms with Crippen LogP contribution in [0.25, 0.3) is 0 Å². The van der Waals surface area contributed by atoms with Crippen LogP contribution in [0.1, 0.15) is 24.1 Å². The Bertz CT molecular complexity index is 795.